The van der Waals surface area contributed by atoms with Crippen LogP contribution in [-0.4, -0.2) is 46.1 Å². The van der Waals surface area contributed by atoms with E-state index in [2.05, 4.69) is 55.6 Å². The number of hydrogen-bond acceptors (Lipinski definition) is 4. The summed E-state index contributed by atoms with van der Waals surface area (Å²) in [5, 5.41) is 33.2. The molecule has 0 aliphatic rings. The van der Waals surface area contributed by atoms with Gasteiger partial charge in [0, 0.05) is 0 Å². The van der Waals surface area contributed by atoms with Crippen LogP contribution >= 0.6 is 0 Å². The van der Waals surface area contributed by atoms with Crippen molar-refractivity contribution < 1.29 is 20.1 Å². The van der Waals surface area contributed by atoms with Crippen molar-refractivity contribution in [3.8, 4) is 0 Å². The minimum Gasteiger partial charge on any atom is -0.394 e. The number of allylic oxidation sites excluding steroid dienone is 7. The molecule has 0 radical (unpaired) electrons. The predicted molar refractivity (Wildman–Crippen MR) is 273 cm³/mol. The second-order valence-corrected chi connectivity index (χ2v) is 18.8. The summed E-state index contributed by atoms with van der Waals surface area (Å²) < 4.78 is 0. The second kappa shape index (κ2) is 51.9. The van der Waals surface area contributed by atoms with Crippen LogP contribution in [0.15, 0.2) is 48.6 Å². The molecule has 62 heavy (non-hydrogen) atoms. The summed E-state index contributed by atoms with van der Waals surface area (Å²) in [5.74, 6) is -0.512. The molecule has 0 aliphatic heterocycles. The smallest absolute Gasteiger partial charge is 0.249 e. The Hall–Kier alpha value is -1.69. The van der Waals surface area contributed by atoms with E-state index in [1.807, 2.05) is 6.08 Å². The van der Waals surface area contributed by atoms with Gasteiger partial charge in [-0.05, 0) is 64.2 Å². The fourth-order valence-electron chi connectivity index (χ4n) is 8.35. The molecular formula is C57H107NO4. The number of unbranched alkanes of at least 4 members (excludes halogenated alkanes) is 36. The van der Waals surface area contributed by atoms with Crippen molar-refractivity contribution in [2.75, 3.05) is 6.61 Å². The largest absolute Gasteiger partial charge is 0.394 e. The summed E-state index contributed by atoms with van der Waals surface area (Å²) in [7, 11) is 0. The summed E-state index contributed by atoms with van der Waals surface area (Å²) in [6.07, 6.45) is 69.1. The molecule has 0 saturated heterocycles. The SMILES string of the molecule is CCCCCCCCCC/C=C/CC/C=C/C(O)C(CO)NC(=O)C(O)CCCCCCCCCCCCCCCCCC/C=C\C/C=C\CCCCCCCCCCCCC. The molecule has 0 aromatic heterocycles. The first-order valence-corrected chi connectivity index (χ1v) is 27.5. The number of amides is 1. The molecule has 4 N–H and O–H groups in total. The van der Waals surface area contributed by atoms with Gasteiger partial charge in [-0.25, -0.2) is 0 Å². The predicted octanol–water partition coefficient (Wildman–Crippen LogP) is 16.8. The first kappa shape index (κ1) is 60.3. The molecule has 1 amide bonds. The molecule has 0 saturated carbocycles. The first-order valence-electron chi connectivity index (χ1n) is 27.5. The van der Waals surface area contributed by atoms with Gasteiger partial charge in [-0.1, -0.05) is 268 Å². The highest BCUT2D eigenvalue weighted by atomic mass is 16.3. The van der Waals surface area contributed by atoms with Gasteiger partial charge in [0.25, 0.3) is 0 Å². The van der Waals surface area contributed by atoms with E-state index in [0.717, 1.165) is 44.9 Å². The molecule has 5 nitrogen and oxygen atoms in total. The van der Waals surface area contributed by atoms with Crippen LogP contribution < -0.4 is 5.32 Å². The number of carbonyl (C=O) groups is 1. The van der Waals surface area contributed by atoms with E-state index in [9.17, 15) is 20.1 Å². The van der Waals surface area contributed by atoms with Crippen molar-refractivity contribution >= 4 is 5.91 Å². The summed E-state index contributed by atoms with van der Waals surface area (Å²) in [4.78, 5) is 12.5. The molecule has 3 unspecified atom stereocenters. The highest BCUT2D eigenvalue weighted by Gasteiger charge is 2.22. The Morgan fingerprint density at radius 2 is 0.710 bits per heavy atom. The van der Waals surface area contributed by atoms with E-state index in [0.29, 0.717) is 6.42 Å². The lowest BCUT2D eigenvalue weighted by Gasteiger charge is -2.21. The van der Waals surface area contributed by atoms with Gasteiger partial charge in [0.05, 0.1) is 18.8 Å². The summed E-state index contributed by atoms with van der Waals surface area (Å²) in [6, 6.07) is -0.814. The summed E-state index contributed by atoms with van der Waals surface area (Å²) >= 11 is 0. The maximum atomic E-state index is 12.5. The summed E-state index contributed by atoms with van der Waals surface area (Å²) in [5.41, 5.74) is 0. The summed E-state index contributed by atoms with van der Waals surface area (Å²) in [6.45, 7) is 4.18. The number of nitrogens with one attached hydrogen (secondary N) is 1. The zero-order chi connectivity index (χ0) is 45.1. The van der Waals surface area contributed by atoms with Crippen LogP contribution in [0.3, 0.4) is 0 Å². The second-order valence-electron chi connectivity index (χ2n) is 18.8. The number of aliphatic hydroxyl groups is 3. The third kappa shape index (κ3) is 46.3. The Labute approximate surface area is 387 Å². The van der Waals surface area contributed by atoms with Crippen LogP contribution in [0.4, 0.5) is 0 Å². The zero-order valence-electron chi connectivity index (χ0n) is 41.5. The Balaban J connectivity index is 3.54. The molecular weight excluding hydrogens is 763 g/mol. The minimum atomic E-state index is -1.11. The van der Waals surface area contributed by atoms with Crippen LogP contribution in [0.25, 0.3) is 0 Å². The van der Waals surface area contributed by atoms with E-state index < -0.39 is 24.2 Å². The number of aliphatic hydroxyl groups excluding tert-OH is 3. The lowest BCUT2D eigenvalue weighted by atomic mass is 10.0. The van der Waals surface area contributed by atoms with Gasteiger partial charge in [-0.3, -0.25) is 4.79 Å². The van der Waals surface area contributed by atoms with Crippen LogP contribution in [0, 0.1) is 0 Å². The molecule has 0 spiro atoms. The van der Waals surface area contributed by atoms with E-state index in [1.165, 1.54) is 218 Å². The van der Waals surface area contributed by atoms with Gasteiger partial charge in [0.15, 0.2) is 0 Å². The third-order valence-electron chi connectivity index (χ3n) is 12.6. The zero-order valence-corrected chi connectivity index (χ0v) is 41.5. The molecule has 3 atom stereocenters. The Morgan fingerprint density at radius 1 is 0.403 bits per heavy atom. The fourth-order valence-corrected chi connectivity index (χ4v) is 8.35. The van der Waals surface area contributed by atoms with Gasteiger partial charge in [0.1, 0.15) is 6.10 Å². The van der Waals surface area contributed by atoms with Crippen LogP contribution in [-0.2, 0) is 4.79 Å². The highest BCUT2D eigenvalue weighted by molar-refractivity contribution is 5.80. The quantitative estimate of drug-likeness (QED) is 0.0362. The molecule has 0 aliphatic carbocycles. The number of rotatable bonds is 50. The van der Waals surface area contributed by atoms with E-state index in [-0.39, 0.29) is 6.61 Å². The topological polar surface area (TPSA) is 89.8 Å². The van der Waals surface area contributed by atoms with E-state index in [4.69, 9.17) is 0 Å². The lowest BCUT2D eigenvalue weighted by molar-refractivity contribution is -0.131. The monoisotopic (exact) mass is 870 g/mol. The molecule has 0 aromatic rings. The maximum Gasteiger partial charge on any atom is 0.249 e. The van der Waals surface area contributed by atoms with Crippen molar-refractivity contribution in [3.05, 3.63) is 48.6 Å². The molecule has 364 valence electrons. The van der Waals surface area contributed by atoms with Crippen molar-refractivity contribution in [2.45, 2.75) is 302 Å². The first-order chi connectivity index (χ1) is 30.6. The van der Waals surface area contributed by atoms with Crippen LogP contribution in [0.5, 0.6) is 0 Å². The Bertz CT molecular complexity index is 1000. The van der Waals surface area contributed by atoms with Gasteiger partial charge < -0.3 is 20.6 Å². The van der Waals surface area contributed by atoms with Crippen molar-refractivity contribution in [1.82, 2.24) is 5.32 Å². The molecule has 0 fully saturated rings. The van der Waals surface area contributed by atoms with E-state index >= 15 is 0 Å². The van der Waals surface area contributed by atoms with Crippen LogP contribution in [0.1, 0.15) is 284 Å². The van der Waals surface area contributed by atoms with Crippen LogP contribution in [0.2, 0.25) is 0 Å². The Morgan fingerprint density at radius 3 is 1.08 bits per heavy atom. The van der Waals surface area contributed by atoms with Crippen molar-refractivity contribution in [3.63, 3.8) is 0 Å². The maximum absolute atomic E-state index is 12.5. The molecule has 0 aromatic carbocycles. The average Bonchev–Trinajstić information content (AvgIpc) is 3.28. The van der Waals surface area contributed by atoms with Crippen molar-refractivity contribution in [1.29, 1.82) is 0 Å². The molecule has 0 rings (SSSR count). The Kier molecular flexibility index (Phi) is 50.5. The molecule has 0 bridgehead atoms. The average molecular weight is 870 g/mol. The number of hydrogen-bond donors (Lipinski definition) is 4. The van der Waals surface area contributed by atoms with Gasteiger partial charge in [-0.15, -0.1) is 0 Å². The number of carbonyl (C=O) groups excluding carboxylic acids is 1. The van der Waals surface area contributed by atoms with E-state index in [1.54, 1.807) is 6.08 Å². The molecule has 5 heteroatoms. The van der Waals surface area contributed by atoms with Gasteiger partial charge >= 0.3 is 0 Å². The van der Waals surface area contributed by atoms with Crippen molar-refractivity contribution in [2.24, 2.45) is 0 Å². The highest BCUT2D eigenvalue weighted by Crippen LogP contribution is 2.16. The molecule has 0 heterocycles. The normalized spacial score (nSPS) is 13.7. The lowest BCUT2D eigenvalue weighted by Crippen LogP contribution is -2.48. The van der Waals surface area contributed by atoms with Gasteiger partial charge in [-0.2, -0.15) is 0 Å². The fraction of sp³-hybridized carbons (Fsp3) is 0.842. The third-order valence-corrected chi connectivity index (χ3v) is 12.6. The van der Waals surface area contributed by atoms with Gasteiger partial charge in [0.2, 0.25) is 5.91 Å². The standard InChI is InChI=1S/C57H107NO4/c1-3-5-7-9-11-13-15-17-19-20-21-22-23-24-25-26-27-28-29-30-31-32-33-34-35-36-37-38-40-42-44-46-48-50-52-56(61)57(62)58-54(53-59)55(60)51-49-47-45-43-41-39-18-16-14-12-10-8-6-4-2/h23-24,26-27,41,43,49,51,54-56,59-61H,3-22,25,28-40,42,44-48,50,52-53H2,1-2H3,(H,58,62)/b24-23-,27-26-,43-41+,51-49+. The minimum absolute atomic E-state index is 0.376.